The van der Waals surface area contributed by atoms with E-state index in [9.17, 15) is 10.0 Å². The molecule has 0 fully saturated rings. The van der Waals surface area contributed by atoms with Crippen LogP contribution in [0.1, 0.15) is 10.4 Å². The first-order valence-electron chi connectivity index (χ1n) is 2.91. The molecule has 0 unspecified atom stereocenters. The van der Waals surface area contributed by atoms with E-state index in [1.165, 1.54) is 0 Å². The van der Waals surface area contributed by atoms with Crippen molar-refractivity contribution in [1.29, 1.82) is 0 Å². The third kappa shape index (κ3) is 1.78. The highest BCUT2D eigenvalue weighted by Gasteiger charge is 1.96. The maximum atomic E-state index is 10.3. The second kappa shape index (κ2) is 3.50. The molecule has 4 heteroatoms. The van der Waals surface area contributed by atoms with E-state index in [0.29, 0.717) is 11.8 Å². The molecule has 1 rings (SSSR count). The first-order valence-corrected chi connectivity index (χ1v) is 3.70. The molecule has 0 bridgehead atoms. The summed E-state index contributed by atoms with van der Waals surface area (Å²) in [6.07, 6.45) is 0.632. The highest BCUT2D eigenvalue weighted by atomic mass is 79.9. The molecule has 0 saturated carbocycles. The largest absolute Gasteiger partial charge is 0.761 e. The van der Waals surface area contributed by atoms with Gasteiger partial charge < -0.3 is 10.7 Å². The van der Waals surface area contributed by atoms with Crippen molar-refractivity contribution in [1.82, 2.24) is 0 Å². The highest BCUT2D eigenvalue weighted by Crippen LogP contribution is 2.19. The Bertz CT molecular complexity index is 275. The van der Waals surface area contributed by atoms with Gasteiger partial charge in [0.1, 0.15) is 0 Å². The zero-order valence-corrected chi connectivity index (χ0v) is 7.09. The molecule has 0 radical (unpaired) electrons. The lowest BCUT2D eigenvalue weighted by Gasteiger charge is -2.11. The zero-order chi connectivity index (χ0) is 8.27. The summed E-state index contributed by atoms with van der Waals surface area (Å²) in [7, 11) is 0. The molecule has 58 valence electrons. The third-order valence-electron chi connectivity index (χ3n) is 1.25. The lowest BCUT2D eigenvalue weighted by atomic mass is 10.2. The molecule has 0 atom stereocenters. The minimum Gasteiger partial charge on any atom is -0.761 e. The Labute approximate surface area is 72.1 Å². The van der Waals surface area contributed by atoms with Gasteiger partial charge in [0, 0.05) is 15.7 Å². The van der Waals surface area contributed by atoms with Crippen LogP contribution in [-0.4, -0.2) is 6.29 Å². The van der Waals surface area contributed by atoms with Crippen LogP contribution in [0.25, 0.3) is 0 Å². The molecule has 0 aliphatic heterocycles. The van der Waals surface area contributed by atoms with Gasteiger partial charge in [0.25, 0.3) is 0 Å². The van der Waals surface area contributed by atoms with E-state index in [1.54, 1.807) is 23.7 Å². The van der Waals surface area contributed by atoms with Crippen LogP contribution in [0.2, 0.25) is 0 Å². The molecule has 3 nitrogen and oxygen atoms in total. The van der Waals surface area contributed by atoms with E-state index in [1.807, 2.05) is 0 Å². The number of hydrogen-bond acceptors (Lipinski definition) is 3. The predicted octanol–water partition coefficient (Wildman–Crippen LogP) is 2.17. The van der Waals surface area contributed by atoms with Crippen molar-refractivity contribution in [3.63, 3.8) is 0 Å². The quantitative estimate of drug-likeness (QED) is 0.607. The van der Waals surface area contributed by atoms with Gasteiger partial charge in [-0.05, 0) is 18.2 Å². The van der Waals surface area contributed by atoms with Crippen molar-refractivity contribution >= 4 is 27.9 Å². The molecule has 0 aliphatic rings. The number of halogens is 1. The number of rotatable bonds is 2. The van der Waals surface area contributed by atoms with E-state index in [4.69, 9.17) is 0 Å². The number of anilines is 1. The Kier molecular flexibility index (Phi) is 2.62. The van der Waals surface area contributed by atoms with Crippen LogP contribution in [0.15, 0.2) is 22.7 Å². The van der Waals surface area contributed by atoms with Crippen molar-refractivity contribution in [3.8, 4) is 0 Å². The first kappa shape index (κ1) is 8.23. The fourth-order valence-corrected chi connectivity index (χ4v) is 1.08. The maximum Gasteiger partial charge on any atom is 0.152 e. The van der Waals surface area contributed by atoms with Gasteiger partial charge in [0.2, 0.25) is 0 Å². The molecule has 0 amide bonds. The molecule has 0 aliphatic carbocycles. The Balaban J connectivity index is 3.16. The minimum atomic E-state index is 0.286. The van der Waals surface area contributed by atoms with Crippen LogP contribution >= 0.6 is 15.9 Å². The summed E-state index contributed by atoms with van der Waals surface area (Å²) in [6, 6.07) is 4.82. The van der Waals surface area contributed by atoms with Crippen LogP contribution < -0.4 is 5.48 Å². The van der Waals surface area contributed by atoms with Crippen molar-refractivity contribution in [3.05, 3.63) is 33.4 Å². The highest BCUT2D eigenvalue weighted by molar-refractivity contribution is 9.10. The van der Waals surface area contributed by atoms with Crippen LogP contribution in [0.3, 0.4) is 0 Å². The van der Waals surface area contributed by atoms with Gasteiger partial charge in [-0.25, -0.2) is 0 Å². The number of carbonyl (C=O) groups excluding carboxylic acids is 1. The van der Waals surface area contributed by atoms with E-state index in [2.05, 4.69) is 15.9 Å². The molecule has 1 N–H and O–H groups in total. The number of hydrogen-bond donors (Lipinski definition) is 1. The lowest BCUT2D eigenvalue weighted by molar-refractivity contribution is 0.112. The van der Waals surface area contributed by atoms with Gasteiger partial charge >= 0.3 is 0 Å². The summed E-state index contributed by atoms with van der Waals surface area (Å²) in [4.78, 5) is 10.3. The standard InChI is InChI=1S/C7H5BrNO2/c8-6-2-1-5(4-10)7(3-6)9-11/h1-4,9H/q-1. The molecular weight excluding hydrogens is 210 g/mol. The summed E-state index contributed by atoms with van der Waals surface area (Å²) >= 11 is 3.17. The minimum absolute atomic E-state index is 0.286. The normalized spacial score (nSPS) is 9.27. The molecule has 0 aromatic heterocycles. The second-order valence-corrected chi connectivity index (χ2v) is 2.87. The van der Waals surface area contributed by atoms with Gasteiger partial charge in [-0.15, -0.1) is 0 Å². The van der Waals surface area contributed by atoms with E-state index in [0.717, 1.165) is 4.47 Å². The van der Waals surface area contributed by atoms with Crippen molar-refractivity contribution in [2.45, 2.75) is 0 Å². The van der Waals surface area contributed by atoms with Crippen molar-refractivity contribution in [2.24, 2.45) is 0 Å². The maximum absolute atomic E-state index is 10.3. The summed E-state index contributed by atoms with van der Waals surface area (Å²) in [5.74, 6) is 0. The average Bonchev–Trinajstić information content (AvgIpc) is 2.04. The molecular formula is C7H5BrNO2-. The van der Waals surface area contributed by atoms with Gasteiger partial charge in [0.05, 0.1) is 0 Å². The first-order chi connectivity index (χ1) is 5.27. The monoisotopic (exact) mass is 214 g/mol. The van der Waals surface area contributed by atoms with E-state index < -0.39 is 0 Å². The molecule has 11 heavy (non-hydrogen) atoms. The Morgan fingerprint density at radius 2 is 2.27 bits per heavy atom. The summed E-state index contributed by atoms with van der Waals surface area (Å²) in [6.45, 7) is 0. The average molecular weight is 215 g/mol. The van der Waals surface area contributed by atoms with E-state index in [-0.39, 0.29) is 5.69 Å². The molecule has 1 aromatic carbocycles. The Hall–Kier alpha value is -0.870. The Morgan fingerprint density at radius 3 is 2.82 bits per heavy atom. The van der Waals surface area contributed by atoms with Crippen LogP contribution in [0.5, 0.6) is 0 Å². The van der Waals surface area contributed by atoms with Gasteiger partial charge in [0.15, 0.2) is 6.29 Å². The topological polar surface area (TPSA) is 52.2 Å². The fourth-order valence-electron chi connectivity index (χ4n) is 0.720. The number of carbonyl (C=O) groups is 1. The molecule has 0 heterocycles. The SMILES string of the molecule is O=Cc1ccc(Br)cc1N[O-]. The van der Waals surface area contributed by atoms with Crippen molar-refractivity contribution < 1.29 is 4.79 Å². The predicted molar refractivity (Wildman–Crippen MR) is 46.5 cm³/mol. The van der Waals surface area contributed by atoms with Crippen molar-refractivity contribution in [2.75, 3.05) is 5.48 Å². The molecule has 0 saturated heterocycles. The van der Waals surface area contributed by atoms with E-state index >= 15 is 0 Å². The summed E-state index contributed by atoms with van der Waals surface area (Å²) in [5, 5.41) is 10.2. The fraction of sp³-hybridized carbons (Fsp3) is 0. The van der Waals surface area contributed by atoms with Crippen LogP contribution in [0.4, 0.5) is 5.69 Å². The van der Waals surface area contributed by atoms with Gasteiger partial charge in [-0.3, -0.25) is 4.79 Å². The zero-order valence-electron chi connectivity index (χ0n) is 5.50. The number of benzene rings is 1. The number of aldehydes is 1. The lowest BCUT2D eigenvalue weighted by Crippen LogP contribution is -1.91. The second-order valence-electron chi connectivity index (χ2n) is 1.95. The summed E-state index contributed by atoms with van der Waals surface area (Å²) in [5.41, 5.74) is 2.33. The molecule has 1 aromatic rings. The van der Waals surface area contributed by atoms with Crippen LogP contribution in [0, 0.1) is 5.21 Å². The van der Waals surface area contributed by atoms with Gasteiger partial charge in [-0.2, -0.15) is 0 Å². The smallest absolute Gasteiger partial charge is 0.152 e. The Morgan fingerprint density at radius 1 is 1.55 bits per heavy atom. The van der Waals surface area contributed by atoms with Crippen LogP contribution in [-0.2, 0) is 0 Å². The molecule has 0 spiro atoms. The summed E-state index contributed by atoms with van der Waals surface area (Å²) < 4.78 is 0.765. The van der Waals surface area contributed by atoms with Gasteiger partial charge in [-0.1, -0.05) is 15.9 Å². The number of nitrogens with one attached hydrogen (secondary N) is 1. The third-order valence-corrected chi connectivity index (χ3v) is 1.75.